The van der Waals surface area contributed by atoms with Crippen LogP contribution in [0.1, 0.15) is 22.5 Å². The van der Waals surface area contributed by atoms with Crippen LogP contribution in [0, 0.1) is 0 Å². The number of aromatic amines is 2. The zero-order valence-electron chi connectivity index (χ0n) is 23.2. The molecule has 10 heteroatoms. The Morgan fingerprint density at radius 3 is 1.33 bits per heavy atom. The quantitative estimate of drug-likeness (QED) is 0.285. The van der Waals surface area contributed by atoms with Crippen molar-refractivity contribution in [2.75, 3.05) is 14.2 Å². The van der Waals surface area contributed by atoms with Crippen LogP contribution in [0.3, 0.4) is 0 Å². The van der Waals surface area contributed by atoms with Gasteiger partial charge in [-0.1, -0.05) is 36.4 Å². The van der Waals surface area contributed by atoms with Crippen LogP contribution in [0.5, 0.6) is 11.5 Å². The van der Waals surface area contributed by atoms with Gasteiger partial charge in [0.15, 0.2) is 11.6 Å². The van der Waals surface area contributed by atoms with Gasteiger partial charge >= 0.3 is 0 Å². The van der Waals surface area contributed by atoms with Crippen molar-refractivity contribution in [3.8, 4) is 23.1 Å². The number of pyridine rings is 2. The van der Waals surface area contributed by atoms with E-state index in [1.807, 2.05) is 72.8 Å². The smallest absolute Gasteiger partial charge is 0.272 e. The van der Waals surface area contributed by atoms with E-state index in [1.165, 1.54) is 9.36 Å². The number of methoxy groups -OCH3 is 2. The molecule has 6 rings (SSSR count). The number of rotatable bonds is 8. The number of hydrogen-bond donors (Lipinski definition) is 2. The third-order valence-electron chi connectivity index (χ3n) is 6.41. The number of benzene rings is 2. The van der Waals surface area contributed by atoms with Crippen molar-refractivity contribution >= 4 is 0 Å². The first-order chi connectivity index (χ1) is 20.5. The van der Waals surface area contributed by atoms with Crippen molar-refractivity contribution in [1.29, 1.82) is 0 Å². The lowest BCUT2D eigenvalue weighted by atomic mass is 10.1. The van der Waals surface area contributed by atoms with Gasteiger partial charge in [0.1, 0.15) is 11.5 Å². The molecule has 10 nitrogen and oxygen atoms in total. The van der Waals surface area contributed by atoms with Gasteiger partial charge in [0.2, 0.25) is 0 Å². The fraction of sp³-hybridized carbons (Fsp3) is 0.125. The van der Waals surface area contributed by atoms with Crippen molar-refractivity contribution in [1.82, 2.24) is 29.5 Å². The average Bonchev–Trinajstić information content (AvgIpc) is 3.59. The Kier molecular flexibility index (Phi) is 8.73. The summed E-state index contributed by atoms with van der Waals surface area (Å²) in [6.45, 7) is 0. The molecule has 4 aromatic heterocycles. The second kappa shape index (κ2) is 13.1. The second-order valence-corrected chi connectivity index (χ2v) is 9.34. The van der Waals surface area contributed by atoms with E-state index in [4.69, 9.17) is 9.47 Å². The Morgan fingerprint density at radius 2 is 1.00 bits per heavy atom. The molecule has 4 heterocycles. The fourth-order valence-electron chi connectivity index (χ4n) is 4.31. The third kappa shape index (κ3) is 6.92. The minimum atomic E-state index is -0.114. The van der Waals surface area contributed by atoms with Crippen LogP contribution in [0.15, 0.2) is 119 Å². The molecule has 0 saturated heterocycles. The lowest BCUT2D eigenvalue weighted by molar-refractivity contribution is 0.414. The number of hydrogen-bond acceptors (Lipinski definition) is 6. The van der Waals surface area contributed by atoms with E-state index < -0.39 is 0 Å². The van der Waals surface area contributed by atoms with Gasteiger partial charge in [-0.15, -0.1) is 0 Å². The summed E-state index contributed by atoms with van der Waals surface area (Å²) < 4.78 is 13.1. The van der Waals surface area contributed by atoms with E-state index in [0.717, 1.165) is 34.0 Å². The highest BCUT2D eigenvalue weighted by atomic mass is 16.5. The Bertz CT molecular complexity index is 1680. The van der Waals surface area contributed by atoms with Gasteiger partial charge in [-0.2, -0.15) is 0 Å². The van der Waals surface area contributed by atoms with Crippen LogP contribution in [-0.2, 0) is 12.8 Å². The maximum Gasteiger partial charge on any atom is 0.272 e. The largest absolute Gasteiger partial charge is 0.497 e. The zero-order valence-corrected chi connectivity index (χ0v) is 23.2. The van der Waals surface area contributed by atoms with Gasteiger partial charge in [-0.05, 0) is 59.7 Å². The molecule has 0 atom stereocenters. The first kappa shape index (κ1) is 27.9. The highest BCUT2D eigenvalue weighted by Gasteiger charge is 2.08. The summed E-state index contributed by atoms with van der Waals surface area (Å²) in [6, 6.07) is 29.6. The summed E-state index contributed by atoms with van der Waals surface area (Å²) in [5, 5.41) is 6.17. The Hall–Kier alpha value is -5.64. The molecule has 6 aromatic rings. The van der Waals surface area contributed by atoms with Gasteiger partial charge in [-0.3, -0.25) is 19.8 Å². The lowest BCUT2D eigenvalue weighted by Gasteiger charge is -2.03. The van der Waals surface area contributed by atoms with E-state index in [0.29, 0.717) is 24.5 Å². The highest BCUT2D eigenvalue weighted by Crippen LogP contribution is 2.15. The van der Waals surface area contributed by atoms with E-state index in [9.17, 15) is 9.59 Å². The summed E-state index contributed by atoms with van der Waals surface area (Å²) in [5.74, 6) is 2.81. The molecule has 0 spiro atoms. The normalized spacial score (nSPS) is 10.5. The molecule has 0 saturated carbocycles. The topological polar surface area (TPSA) is 120 Å². The van der Waals surface area contributed by atoms with E-state index in [1.54, 1.807) is 50.9 Å². The van der Waals surface area contributed by atoms with Gasteiger partial charge in [0, 0.05) is 48.8 Å². The van der Waals surface area contributed by atoms with Crippen molar-refractivity contribution in [2.45, 2.75) is 12.8 Å². The lowest BCUT2D eigenvalue weighted by Crippen LogP contribution is -2.14. The molecule has 0 aliphatic rings. The number of nitrogens with zero attached hydrogens (tertiary/aromatic N) is 4. The van der Waals surface area contributed by atoms with E-state index in [2.05, 4.69) is 20.2 Å². The van der Waals surface area contributed by atoms with E-state index in [-0.39, 0.29) is 11.1 Å². The summed E-state index contributed by atoms with van der Waals surface area (Å²) in [4.78, 5) is 32.3. The predicted octanol–water partition coefficient (Wildman–Crippen LogP) is 4.32. The zero-order chi connectivity index (χ0) is 29.3. The van der Waals surface area contributed by atoms with Crippen LogP contribution in [0.2, 0.25) is 0 Å². The molecule has 0 radical (unpaired) electrons. The predicted molar refractivity (Wildman–Crippen MR) is 160 cm³/mol. The first-order valence-electron chi connectivity index (χ1n) is 13.2. The minimum absolute atomic E-state index is 0.114. The molecular formula is C32H30N6O4. The molecule has 212 valence electrons. The molecule has 0 bridgehead atoms. The molecule has 0 unspecified atom stereocenters. The average molecular weight is 563 g/mol. The highest BCUT2D eigenvalue weighted by molar-refractivity contribution is 5.31. The summed E-state index contributed by atoms with van der Waals surface area (Å²) in [6.07, 6.45) is 4.62. The van der Waals surface area contributed by atoms with Crippen molar-refractivity contribution in [3.63, 3.8) is 0 Å². The Balaban J connectivity index is 0.000000168. The fourth-order valence-corrected chi connectivity index (χ4v) is 4.31. The standard InChI is InChI=1S/2C16H15N3O2/c2*1-21-14-7-5-12(6-8-14)10-13-11-16(20)19(18-13)15-4-2-3-9-17-15/h2*2-9,11,18H,10H2,1H3. The van der Waals surface area contributed by atoms with Gasteiger partial charge in [0.25, 0.3) is 11.1 Å². The minimum Gasteiger partial charge on any atom is -0.497 e. The molecule has 0 aliphatic heterocycles. The van der Waals surface area contributed by atoms with Crippen LogP contribution < -0.4 is 20.6 Å². The maximum atomic E-state index is 12.0. The first-order valence-corrected chi connectivity index (χ1v) is 13.2. The summed E-state index contributed by atoms with van der Waals surface area (Å²) in [5.41, 5.74) is 3.66. The van der Waals surface area contributed by atoms with Crippen LogP contribution in [0.25, 0.3) is 11.6 Å². The second-order valence-electron chi connectivity index (χ2n) is 9.34. The van der Waals surface area contributed by atoms with Crippen molar-refractivity contribution < 1.29 is 9.47 Å². The van der Waals surface area contributed by atoms with Gasteiger partial charge in [0.05, 0.1) is 14.2 Å². The molecule has 0 amide bonds. The molecule has 0 fully saturated rings. The van der Waals surface area contributed by atoms with E-state index >= 15 is 0 Å². The van der Waals surface area contributed by atoms with Crippen LogP contribution >= 0.6 is 0 Å². The number of ether oxygens (including phenoxy) is 2. The number of nitrogens with one attached hydrogen (secondary N) is 2. The molecular weight excluding hydrogens is 532 g/mol. The number of aromatic nitrogens is 6. The van der Waals surface area contributed by atoms with Crippen LogP contribution in [0.4, 0.5) is 0 Å². The third-order valence-corrected chi connectivity index (χ3v) is 6.41. The maximum absolute atomic E-state index is 12.0. The molecule has 42 heavy (non-hydrogen) atoms. The number of H-pyrrole nitrogens is 2. The van der Waals surface area contributed by atoms with Crippen molar-refractivity contribution in [2.24, 2.45) is 0 Å². The Morgan fingerprint density at radius 1 is 0.595 bits per heavy atom. The van der Waals surface area contributed by atoms with Gasteiger partial charge in [-0.25, -0.2) is 19.3 Å². The summed E-state index contributed by atoms with van der Waals surface area (Å²) >= 11 is 0. The molecule has 2 N–H and O–H groups in total. The summed E-state index contributed by atoms with van der Waals surface area (Å²) in [7, 11) is 3.28. The Labute approximate surface area is 241 Å². The van der Waals surface area contributed by atoms with Crippen LogP contribution in [-0.4, -0.2) is 43.7 Å². The van der Waals surface area contributed by atoms with Crippen molar-refractivity contribution in [3.05, 3.63) is 153 Å². The van der Waals surface area contributed by atoms with Gasteiger partial charge < -0.3 is 9.47 Å². The molecule has 2 aromatic carbocycles. The SMILES string of the molecule is COc1ccc(Cc2cc(=O)n(-c3ccccn3)[nH]2)cc1.COc1ccc(Cc2cc(=O)n(-c3ccccn3)[nH]2)cc1. The monoisotopic (exact) mass is 562 g/mol. The molecule has 0 aliphatic carbocycles.